The van der Waals surface area contributed by atoms with Crippen LogP contribution in [0.4, 0.5) is 0 Å². The molecule has 0 amide bonds. The summed E-state index contributed by atoms with van der Waals surface area (Å²) in [6, 6.07) is 9.53. The Kier molecular flexibility index (Phi) is 6.05. The maximum atomic E-state index is 12.6. The van der Waals surface area contributed by atoms with Crippen LogP contribution in [0.3, 0.4) is 0 Å². The van der Waals surface area contributed by atoms with Crippen molar-refractivity contribution in [2.45, 2.75) is 38.5 Å². The highest BCUT2D eigenvalue weighted by atomic mass is 35.5. The summed E-state index contributed by atoms with van der Waals surface area (Å²) in [4.78, 5) is 25.3. The molecule has 4 nitrogen and oxygen atoms in total. The monoisotopic (exact) mass is 338 g/mol. The fraction of sp³-hybridized carbons (Fsp3) is 0.556. The van der Waals surface area contributed by atoms with Crippen LogP contribution < -0.4 is 0 Å². The molecular weight excluding hydrogens is 316 g/mol. The van der Waals surface area contributed by atoms with Crippen molar-refractivity contribution >= 4 is 23.5 Å². The zero-order chi connectivity index (χ0) is 16.9. The van der Waals surface area contributed by atoms with Gasteiger partial charge in [-0.25, -0.2) is 0 Å². The Balaban J connectivity index is 2.39. The van der Waals surface area contributed by atoms with Gasteiger partial charge in [-0.3, -0.25) is 9.59 Å². The summed E-state index contributed by atoms with van der Waals surface area (Å²) in [5.74, 6) is -1.35. The molecule has 0 unspecified atom stereocenters. The number of ether oxygens (including phenoxy) is 2. The number of hydrogen-bond donors (Lipinski definition) is 0. The molecular formula is C18H23ClO4. The summed E-state index contributed by atoms with van der Waals surface area (Å²) in [7, 11) is 0. The number of esters is 2. The van der Waals surface area contributed by atoms with Gasteiger partial charge >= 0.3 is 11.9 Å². The lowest BCUT2D eigenvalue weighted by atomic mass is 9.74. The minimum Gasteiger partial charge on any atom is -0.465 e. The van der Waals surface area contributed by atoms with Gasteiger partial charge in [0.15, 0.2) is 5.41 Å². The second-order valence-electron chi connectivity index (χ2n) is 5.72. The highest BCUT2D eigenvalue weighted by Gasteiger charge is 2.59. The molecule has 0 aromatic heterocycles. The second-order valence-corrected chi connectivity index (χ2v) is 6.19. The first-order valence-corrected chi connectivity index (χ1v) is 8.55. The smallest absolute Gasteiger partial charge is 0.323 e. The Labute approximate surface area is 142 Å². The van der Waals surface area contributed by atoms with Gasteiger partial charge in [0.05, 0.1) is 18.6 Å². The van der Waals surface area contributed by atoms with E-state index in [9.17, 15) is 9.59 Å². The SMILES string of the molecule is CCOC(=O)C1(C(=O)OCC)CCC[C@@H]1[C@@H](Cl)c1ccccc1. The van der Waals surface area contributed by atoms with E-state index >= 15 is 0 Å². The average molecular weight is 339 g/mol. The van der Waals surface area contributed by atoms with E-state index in [4.69, 9.17) is 21.1 Å². The van der Waals surface area contributed by atoms with E-state index in [2.05, 4.69) is 0 Å². The third-order valence-electron chi connectivity index (χ3n) is 4.47. The highest BCUT2D eigenvalue weighted by Crippen LogP contribution is 2.53. The third kappa shape index (κ3) is 3.37. The van der Waals surface area contributed by atoms with Gasteiger partial charge < -0.3 is 9.47 Å². The highest BCUT2D eigenvalue weighted by molar-refractivity contribution is 6.21. The van der Waals surface area contributed by atoms with Crippen molar-refractivity contribution < 1.29 is 19.1 Å². The molecule has 0 spiro atoms. The van der Waals surface area contributed by atoms with Crippen LogP contribution in [0.15, 0.2) is 30.3 Å². The maximum absolute atomic E-state index is 12.6. The van der Waals surface area contributed by atoms with Crippen LogP contribution in [0.25, 0.3) is 0 Å². The summed E-state index contributed by atoms with van der Waals surface area (Å²) in [5, 5.41) is -0.437. The van der Waals surface area contributed by atoms with Crippen molar-refractivity contribution in [2.75, 3.05) is 13.2 Å². The van der Waals surface area contributed by atoms with Crippen molar-refractivity contribution in [3.05, 3.63) is 35.9 Å². The largest absolute Gasteiger partial charge is 0.465 e. The molecule has 2 rings (SSSR count). The Morgan fingerprint density at radius 3 is 2.26 bits per heavy atom. The summed E-state index contributed by atoms with van der Waals surface area (Å²) in [6.45, 7) is 3.92. The zero-order valence-corrected chi connectivity index (χ0v) is 14.3. The number of halogens is 1. The first kappa shape index (κ1) is 17.8. The number of benzene rings is 1. The summed E-state index contributed by atoms with van der Waals surface area (Å²) in [6.07, 6.45) is 1.87. The lowest BCUT2D eigenvalue weighted by Gasteiger charge is -2.33. The molecule has 23 heavy (non-hydrogen) atoms. The van der Waals surface area contributed by atoms with Crippen LogP contribution >= 0.6 is 11.6 Å². The lowest BCUT2D eigenvalue weighted by Crippen LogP contribution is -2.46. The molecule has 1 saturated carbocycles. The van der Waals surface area contributed by atoms with Crippen LogP contribution in [0.2, 0.25) is 0 Å². The maximum Gasteiger partial charge on any atom is 0.323 e. The molecule has 0 N–H and O–H groups in total. The van der Waals surface area contributed by atoms with E-state index in [1.54, 1.807) is 13.8 Å². The van der Waals surface area contributed by atoms with Gasteiger partial charge in [-0.05, 0) is 32.3 Å². The number of alkyl halides is 1. The molecule has 1 aromatic rings. The molecule has 1 aliphatic rings. The van der Waals surface area contributed by atoms with Crippen molar-refractivity contribution in [3.63, 3.8) is 0 Å². The van der Waals surface area contributed by atoms with Crippen LogP contribution in [0.1, 0.15) is 44.1 Å². The topological polar surface area (TPSA) is 52.6 Å². The van der Waals surface area contributed by atoms with Crippen LogP contribution in [0, 0.1) is 11.3 Å². The Morgan fingerprint density at radius 1 is 1.17 bits per heavy atom. The molecule has 0 aliphatic heterocycles. The minimum atomic E-state index is -1.30. The van der Waals surface area contributed by atoms with Gasteiger partial charge in [0.25, 0.3) is 0 Å². The van der Waals surface area contributed by atoms with Gasteiger partial charge in [0.2, 0.25) is 0 Å². The van der Waals surface area contributed by atoms with Gasteiger partial charge in [-0.2, -0.15) is 0 Å². The van der Waals surface area contributed by atoms with Gasteiger partial charge in [-0.15, -0.1) is 11.6 Å². The van der Waals surface area contributed by atoms with E-state index in [0.717, 1.165) is 12.0 Å². The molecule has 1 aliphatic carbocycles. The number of hydrogen-bond acceptors (Lipinski definition) is 4. The first-order valence-electron chi connectivity index (χ1n) is 8.11. The molecule has 0 heterocycles. The normalized spacial score (nSPS) is 20.7. The van der Waals surface area contributed by atoms with Gasteiger partial charge in [0, 0.05) is 5.92 Å². The standard InChI is InChI=1S/C18H23ClO4/c1-3-22-16(20)18(17(21)23-4-2)12-8-11-14(18)15(19)13-9-6-5-7-10-13/h5-7,9-10,14-15H,3-4,8,11-12H2,1-2H3/t14-,15+/m1/s1. The van der Waals surface area contributed by atoms with Crippen LogP contribution in [-0.2, 0) is 19.1 Å². The first-order chi connectivity index (χ1) is 11.1. The van der Waals surface area contributed by atoms with E-state index in [0.29, 0.717) is 12.8 Å². The molecule has 0 bridgehead atoms. The fourth-order valence-electron chi connectivity index (χ4n) is 3.41. The minimum absolute atomic E-state index is 0.227. The fourth-order valence-corrected chi connectivity index (χ4v) is 3.89. The van der Waals surface area contributed by atoms with Gasteiger partial charge in [0.1, 0.15) is 0 Å². The molecule has 1 fully saturated rings. The van der Waals surface area contributed by atoms with E-state index in [1.165, 1.54) is 0 Å². The Bertz CT molecular complexity index is 525. The number of carbonyl (C=O) groups is 2. The van der Waals surface area contributed by atoms with E-state index in [-0.39, 0.29) is 19.1 Å². The lowest BCUT2D eigenvalue weighted by molar-refractivity contribution is -0.175. The van der Waals surface area contributed by atoms with Crippen molar-refractivity contribution in [1.29, 1.82) is 0 Å². The molecule has 1 aromatic carbocycles. The summed E-state index contributed by atoms with van der Waals surface area (Å²) < 4.78 is 10.4. The summed E-state index contributed by atoms with van der Waals surface area (Å²) >= 11 is 6.67. The summed E-state index contributed by atoms with van der Waals surface area (Å²) in [5.41, 5.74) is -0.395. The van der Waals surface area contributed by atoms with Crippen LogP contribution in [-0.4, -0.2) is 25.2 Å². The van der Waals surface area contributed by atoms with Crippen molar-refractivity contribution in [2.24, 2.45) is 11.3 Å². The molecule has 5 heteroatoms. The molecule has 0 radical (unpaired) electrons. The van der Waals surface area contributed by atoms with Crippen LogP contribution in [0.5, 0.6) is 0 Å². The Morgan fingerprint density at radius 2 is 1.74 bits per heavy atom. The molecule has 2 atom stereocenters. The second kappa shape index (κ2) is 7.82. The quantitative estimate of drug-likeness (QED) is 0.449. The molecule has 126 valence electrons. The van der Waals surface area contributed by atoms with Crippen molar-refractivity contribution in [3.8, 4) is 0 Å². The number of carbonyl (C=O) groups excluding carboxylic acids is 2. The predicted octanol–water partition coefficient (Wildman–Crippen LogP) is 3.88. The number of rotatable bonds is 6. The average Bonchev–Trinajstić information content (AvgIpc) is 3.01. The Hall–Kier alpha value is -1.55. The van der Waals surface area contributed by atoms with E-state index < -0.39 is 22.7 Å². The van der Waals surface area contributed by atoms with Crippen molar-refractivity contribution in [1.82, 2.24) is 0 Å². The van der Waals surface area contributed by atoms with E-state index in [1.807, 2.05) is 30.3 Å². The third-order valence-corrected chi connectivity index (χ3v) is 5.03. The molecule has 0 saturated heterocycles. The predicted molar refractivity (Wildman–Crippen MR) is 88.1 cm³/mol. The zero-order valence-electron chi connectivity index (χ0n) is 13.6. The van der Waals surface area contributed by atoms with Gasteiger partial charge in [-0.1, -0.05) is 36.8 Å².